The number of carbonyl (C=O) groups excluding carboxylic acids is 1. The molecule has 1 aliphatic heterocycles. The Morgan fingerprint density at radius 3 is 2.33 bits per heavy atom. The van der Waals surface area contributed by atoms with Gasteiger partial charge in [-0.3, -0.25) is 0 Å². The second-order valence-electron chi connectivity index (χ2n) is 3.94. The van der Waals surface area contributed by atoms with E-state index in [2.05, 4.69) is 0 Å². The molecule has 1 aliphatic rings. The van der Waals surface area contributed by atoms with Gasteiger partial charge in [-0.1, -0.05) is 0 Å². The van der Waals surface area contributed by atoms with E-state index in [-0.39, 0.29) is 0 Å². The van der Waals surface area contributed by atoms with Crippen LogP contribution in [-0.4, -0.2) is 58.4 Å². The summed E-state index contributed by atoms with van der Waals surface area (Å²) in [4.78, 5) is 10.4. The summed E-state index contributed by atoms with van der Waals surface area (Å²) < 4.78 is 10.5. The molecule has 0 amide bonds. The normalized spacial score (nSPS) is 33.7. The van der Waals surface area contributed by atoms with Crippen molar-refractivity contribution in [2.45, 2.75) is 44.1 Å². The third kappa shape index (κ3) is 2.73. The van der Waals surface area contributed by atoms with Crippen LogP contribution in [0, 0.1) is 0 Å². The van der Waals surface area contributed by atoms with Gasteiger partial charge in [0.1, 0.15) is 24.4 Å². The Morgan fingerprint density at radius 2 is 1.87 bits per heavy atom. The molecule has 0 saturated carbocycles. The average Bonchev–Trinajstić information content (AvgIpc) is 2.52. The van der Waals surface area contributed by atoms with E-state index in [1.165, 1.54) is 0 Å². The van der Waals surface area contributed by atoms with Crippen molar-refractivity contribution in [2.24, 2.45) is 0 Å². The summed E-state index contributed by atoms with van der Waals surface area (Å²) in [7, 11) is 0. The van der Waals surface area contributed by atoms with Crippen LogP contribution in [-0.2, 0) is 14.3 Å². The first kappa shape index (κ1) is 12.5. The number of aldehydes is 1. The van der Waals surface area contributed by atoms with Crippen LogP contribution in [0.3, 0.4) is 0 Å². The zero-order valence-electron chi connectivity index (χ0n) is 8.66. The molecule has 0 radical (unpaired) electrons. The van der Waals surface area contributed by atoms with Crippen molar-refractivity contribution < 1.29 is 29.6 Å². The number of hydrogen-bond donors (Lipinski definition) is 3. The lowest BCUT2D eigenvalue weighted by Gasteiger charge is -2.21. The molecule has 3 N–H and O–H groups in total. The zero-order chi connectivity index (χ0) is 11.6. The molecule has 1 fully saturated rings. The third-order valence-corrected chi connectivity index (χ3v) is 2.21. The van der Waals surface area contributed by atoms with E-state index in [0.29, 0.717) is 6.29 Å². The highest BCUT2D eigenvalue weighted by atomic mass is 16.8. The summed E-state index contributed by atoms with van der Waals surface area (Å²) in [6.45, 7) is 2.68. The van der Waals surface area contributed by atoms with Crippen LogP contribution in [0.1, 0.15) is 13.8 Å². The van der Waals surface area contributed by atoms with Gasteiger partial charge in [0.2, 0.25) is 0 Å². The first-order valence-corrected chi connectivity index (χ1v) is 4.69. The van der Waals surface area contributed by atoms with E-state index >= 15 is 0 Å². The summed E-state index contributed by atoms with van der Waals surface area (Å²) >= 11 is 0. The highest BCUT2D eigenvalue weighted by Gasteiger charge is 2.47. The summed E-state index contributed by atoms with van der Waals surface area (Å²) in [5.74, 6) is -0.991. The van der Waals surface area contributed by atoms with Gasteiger partial charge < -0.3 is 29.6 Å². The highest BCUT2D eigenvalue weighted by Crippen LogP contribution is 2.31. The van der Waals surface area contributed by atoms with Crippen molar-refractivity contribution in [1.82, 2.24) is 0 Å². The Hall–Kier alpha value is -0.530. The van der Waals surface area contributed by atoms with E-state index in [1.54, 1.807) is 13.8 Å². The van der Waals surface area contributed by atoms with Gasteiger partial charge in [0.25, 0.3) is 0 Å². The number of rotatable bonds is 4. The number of carbonyl (C=O) groups is 1. The average molecular weight is 220 g/mol. The second-order valence-corrected chi connectivity index (χ2v) is 3.94. The highest BCUT2D eigenvalue weighted by molar-refractivity contribution is 5.57. The molecule has 0 unspecified atom stereocenters. The van der Waals surface area contributed by atoms with Crippen molar-refractivity contribution >= 4 is 6.29 Å². The fourth-order valence-electron chi connectivity index (χ4n) is 1.56. The number of aliphatic hydroxyl groups excluding tert-OH is 3. The van der Waals surface area contributed by atoms with E-state index in [9.17, 15) is 15.0 Å². The first-order chi connectivity index (χ1) is 6.91. The van der Waals surface area contributed by atoms with Gasteiger partial charge in [-0.05, 0) is 13.8 Å². The molecule has 1 rings (SSSR count). The third-order valence-electron chi connectivity index (χ3n) is 2.21. The second kappa shape index (κ2) is 4.54. The first-order valence-electron chi connectivity index (χ1n) is 4.69. The van der Waals surface area contributed by atoms with Crippen LogP contribution >= 0.6 is 0 Å². The molecule has 1 saturated heterocycles. The van der Waals surface area contributed by atoms with Crippen molar-refractivity contribution in [3.05, 3.63) is 0 Å². The molecule has 0 bridgehead atoms. The van der Waals surface area contributed by atoms with Crippen molar-refractivity contribution in [1.29, 1.82) is 0 Å². The van der Waals surface area contributed by atoms with Gasteiger partial charge in [-0.15, -0.1) is 0 Å². The Morgan fingerprint density at radius 1 is 1.33 bits per heavy atom. The molecule has 15 heavy (non-hydrogen) atoms. The number of hydrogen-bond acceptors (Lipinski definition) is 6. The molecule has 1 heterocycles. The van der Waals surface area contributed by atoms with Gasteiger partial charge in [0, 0.05) is 0 Å². The maximum atomic E-state index is 10.4. The van der Waals surface area contributed by atoms with E-state index in [4.69, 9.17) is 14.6 Å². The minimum atomic E-state index is -1.38. The van der Waals surface area contributed by atoms with Crippen LogP contribution in [0.25, 0.3) is 0 Å². The maximum Gasteiger partial charge on any atom is 0.164 e. The van der Waals surface area contributed by atoms with Crippen LogP contribution in [0.15, 0.2) is 0 Å². The lowest BCUT2D eigenvalue weighted by atomic mass is 10.0. The summed E-state index contributed by atoms with van der Waals surface area (Å²) in [5.41, 5.74) is 0. The zero-order valence-corrected chi connectivity index (χ0v) is 8.66. The van der Waals surface area contributed by atoms with Crippen LogP contribution < -0.4 is 0 Å². The van der Waals surface area contributed by atoms with Gasteiger partial charge in [0.05, 0.1) is 6.61 Å². The van der Waals surface area contributed by atoms with Crippen LogP contribution in [0.5, 0.6) is 0 Å². The molecule has 88 valence electrons. The van der Waals surface area contributed by atoms with Crippen molar-refractivity contribution in [2.75, 3.05) is 6.61 Å². The van der Waals surface area contributed by atoms with Crippen molar-refractivity contribution in [3.63, 3.8) is 0 Å². The molecular weight excluding hydrogens is 204 g/mol. The molecule has 4 atom stereocenters. The minimum absolute atomic E-state index is 0.312. The monoisotopic (exact) mass is 220 g/mol. The molecular formula is C9H16O6. The molecule has 0 aliphatic carbocycles. The smallest absolute Gasteiger partial charge is 0.164 e. The minimum Gasteiger partial charge on any atom is -0.394 e. The Balaban J connectivity index is 2.78. The van der Waals surface area contributed by atoms with Crippen LogP contribution in [0.4, 0.5) is 0 Å². The quantitative estimate of drug-likeness (QED) is 0.495. The number of aliphatic hydroxyl groups is 3. The van der Waals surface area contributed by atoms with E-state index in [1.807, 2.05) is 0 Å². The van der Waals surface area contributed by atoms with Gasteiger partial charge >= 0.3 is 0 Å². The van der Waals surface area contributed by atoms with Gasteiger partial charge in [-0.2, -0.15) is 0 Å². The van der Waals surface area contributed by atoms with Gasteiger partial charge in [0.15, 0.2) is 12.1 Å². The molecule has 0 aromatic carbocycles. The lowest BCUT2D eigenvalue weighted by molar-refractivity contribution is -0.162. The summed E-state index contributed by atoms with van der Waals surface area (Å²) in [5, 5.41) is 27.5. The van der Waals surface area contributed by atoms with E-state index in [0.717, 1.165) is 0 Å². The predicted molar refractivity (Wildman–Crippen MR) is 49.0 cm³/mol. The summed E-state index contributed by atoms with van der Waals surface area (Å²) in [6, 6.07) is 0. The Kier molecular flexibility index (Phi) is 3.80. The molecule has 0 spiro atoms. The fourth-order valence-corrected chi connectivity index (χ4v) is 1.56. The fraction of sp³-hybridized carbons (Fsp3) is 0.889. The topological polar surface area (TPSA) is 96.2 Å². The molecule has 0 aromatic heterocycles. The summed E-state index contributed by atoms with van der Waals surface area (Å²) in [6.07, 6.45) is -4.12. The number of ether oxygens (including phenoxy) is 2. The molecule has 6 heteroatoms. The molecule has 0 aromatic rings. The van der Waals surface area contributed by atoms with Gasteiger partial charge in [-0.25, -0.2) is 0 Å². The standard InChI is InChI=1S/C9H16O6/c1-9(2)14-7(5(12)3-10)8(15-9)6(13)4-11/h3,5-8,11-13H,4H2,1-2H3/t5-,6-,7+,8+/m0/s1. The predicted octanol–water partition coefficient (Wildman–Crippen LogP) is -1.58. The SMILES string of the molecule is CC1(C)O[C@H]([C@@H](O)C=O)[C@@H]([C@@H](O)CO)O1. The Bertz CT molecular complexity index is 229. The lowest BCUT2D eigenvalue weighted by Crippen LogP contribution is -2.44. The molecule has 6 nitrogen and oxygen atoms in total. The van der Waals surface area contributed by atoms with E-state index < -0.39 is 36.8 Å². The Labute approximate surface area is 87.4 Å². The van der Waals surface area contributed by atoms with Crippen molar-refractivity contribution in [3.8, 4) is 0 Å². The largest absolute Gasteiger partial charge is 0.394 e. The maximum absolute atomic E-state index is 10.4. The van der Waals surface area contributed by atoms with Crippen LogP contribution in [0.2, 0.25) is 0 Å².